The van der Waals surface area contributed by atoms with Crippen LogP contribution in [0.2, 0.25) is 0 Å². The second-order valence-electron chi connectivity index (χ2n) is 8.04. The van der Waals surface area contributed by atoms with Crippen molar-refractivity contribution in [3.8, 4) is 0 Å². The molecule has 0 saturated heterocycles. The van der Waals surface area contributed by atoms with Crippen LogP contribution < -0.4 is 0 Å². The molecule has 0 N–H and O–H groups in total. The minimum atomic E-state index is -0.711. The van der Waals surface area contributed by atoms with Crippen molar-refractivity contribution in [2.75, 3.05) is 14.2 Å². The number of esters is 1. The lowest BCUT2D eigenvalue weighted by atomic mass is 9.77. The van der Waals surface area contributed by atoms with Crippen LogP contribution in [-0.4, -0.2) is 48.9 Å². The number of rotatable bonds is 5. The summed E-state index contributed by atoms with van der Waals surface area (Å²) in [6.45, 7) is 7.20. The molecule has 1 saturated carbocycles. The zero-order valence-corrected chi connectivity index (χ0v) is 18.2. The molecule has 1 unspecified atom stereocenters. The maximum atomic E-state index is 13.8. The molecule has 0 radical (unpaired) electrons. The Kier molecular flexibility index (Phi) is 6.15. The van der Waals surface area contributed by atoms with Gasteiger partial charge in [0.2, 0.25) is 0 Å². The Morgan fingerprint density at radius 3 is 2.24 bits per heavy atom. The molecule has 1 atom stereocenters. The number of benzene rings is 1. The average molecular weight is 402 g/mol. The van der Waals surface area contributed by atoms with Gasteiger partial charge in [-0.2, -0.15) is 0 Å². The van der Waals surface area contributed by atoms with Crippen molar-refractivity contribution >= 4 is 17.4 Å². The summed E-state index contributed by atoms with van der Waals surface area (Å²) in [6, 6.07) is 5.92. The van der Waals surface area contributed by atoms with Crippen molar-refractivity contribution in [3.05, 3.63) is 40.6 Å². The van der Waals surface area contributed by atoms with Crippen LogP contribution in [-0.2, 0) is 23.8 Å². The number of nitrogens with zero attached hydrogens (tertiary/aromatic N) is 1. The number of ether oxygens (including phenoxy) is 3. The highest BCUT2D eigenvalue weighted by Crippen LogP contribution is 2.51. The molecule has 1 aliphatic heterocycles. The normalized spacial score (nSPS) is 25.7. The van der Waals surface area contributed by atoms with E-state index >= 15 is 0 Å². The fraction of sp³-hybridized carbons (Fsp3) is 0.565. The second kappa shape index (κ2) is 8.28. The summed E-state index contributed by atoms with van der Waals surface area (Å²) in [4.78, 5) is 27.7. The van der Waals surface area contributed by atoms with E-state index in [0.29, 0.717) is 24.2 Å². The summed E-state index contributed by atoms with van der Waals surface area (Å²) in [5, 5.41) is 0. The Morgan fingerprint density at radius 2 is 1.76 bits per heavy atom. The molecule has 6 nitrogen and oxygen atoms in total. The first kappa shape index (κ1) is 21.5. The van der Waals surface area contributed by atoms with E-state index in [0.717, 1.165) is 29.5 Å². The summed E-state index contributed by atoms with van der Waals surface area (Å²) >= 11 is 0. The molecule has 1 aliphatic carbocycles. The maximum Gasteiger partial charge on any atom is 0.307 e. The Labute approximate surface area is 172 Å². The average Bonchev–Trinajstić information content (AvgIpc) is 2.90. The van der Waals surface area contributed by atoms with Crippen LogP contribution in [0.4, 0.5) is 0 Å². The molecule has 6 heteroatoms. The Balaban J connectivity index is 2.25. The fourth-order valence-electron chi connectivity index (χ4n) is 4.86. The summed E-state index contributed by atoms with van der Waals surface area (Å²) in [5.74, 6) is -0.105. The zero-order valence-electron chi connectivity index (χ0n) is 18.2. The van der Waals surface area contributed by atoms with Gasteiger partial charge in [-0.15, -0.1) is 0 Å². The van der Waals surface area contributed by atoms with Crippen LogP contribution in [0.5, 0.6) is 0 Å². The van der Waals surface area contributed by atoms with E-state index in [-0.39, 0.29) is 12.0 Å². The summed E-state index contributed by atoms with van der Waals surface area (Å²) in [7, 11) is 3.30. The van der Waals surface area contributed by atoms with Crippen molar-refractivity contribution in [1.82, 2.24) is 4.90 Å². The molecule has 158 valence electrons. The smallest absolute Gasteiger partial charge is 0.307 e. The van der Waals surface area contributed by atoms with E-state index in [9.17, 15) is 9.59 Å². The van der Waals surface area contributed by atoms with Crippen LogP contribution in [0.15, 0.2) is 24.0 Å². The minimum Gasteiger partial charge on any atom is -0.428 e. The topological polar surface area (TPSA) is 65.1 Å². The first-order chi connectivity index (χ1) is 13.8. The molecule has 29 heavy (non-hydrogen) atoms. The fourth-order valence-corrected chi connectivity index (χ4v) is 4.86. The molecule has 1 fully saturated rings. The summed E-state index contributed by atoms with van der Waals surface area (Å²) in [6.07, 6.45) is 2.56. The summed E-state index contributed by atoms with van der Waals surface area (Å²) < 4.78 is 17.0. The lowest BCUT2D eigenvalue weighted by Gasteiger charge is -2.46. The van der Waals surface area contributed by atoms with Gasteiger partial charge in [0.1, 0.15) is 17.5 Å². The molecule has 1 aromatic carbocycles. The maximum absolute atomic E-state index is 13.8. The van der Waals surface area contributed by atoms with Gasteiger partial charge in [0.25, 0.3) is 5.91 Å². The Hall–Kier alpha value is -2.18. The molecule has 1 amide bonds. The highest BCUT2D eigenvalue weighted by molar-refractivity contribution is 6.24. The number of methoxy groups -OCH3 is 2. The molecule has 2 aliphatic rings. The van der Waals surface area contributed by atoms with E-state index in [1.807, 2.05) is 39.0 Å². The first-order valence-electron chi connectivity index (χ1n) is 10.2. The minimum absolute atomic E-state index is 0.137. The SMILES string of the molecule is COC1CCC2(CC1)C(OC(C)=O)=C(c1c(C)cccc1C)C(=O)N2C(C)OC. The van der Waals surface area contributed by atoms with Gasteiger partial charge in [-0.25, -0.2) is 0 Å². The van der Waals surface area contributed by atoms with Gasteiger partial charge < -0.3 is 14.2 Å². The third kappa shape index (κ3) is 3.60. The number of amides is 1. The zero-order chi connectivity index (χ0) is 21.3. The Bertz CT molecular complexity index is 815. The highest BCUT2D eigenvalue weighted by Gasteiger charge is 2.57. The molecule has 1 spiro atoms. The van der Waals surface area contributed by atoms with Gasteiger partial charge in [0.05, 0.1) is 11.7 Å². The largest absolute Gasteiger partial charge is 0.428 e. The van der Waals surface area contributed by atoms with E-state index < -0.39 is 17.7 Å². The predicted octanol–water partition coefficient (Wildman–Crippen LogP) is 3.74. The van der Waals surface area contributed by atoms with Gasteiger partial charge in [0, 0.05) is 21.1 Å². The van der Waals surface area contributed by atoms with Crippen LogP contribution >= 0.6 is 0 Å². The summed E-state index contributed by atoms with van der Waals surface area (Å²) in [5.41, 5.74) is 2.57. The third-order valence-electron chi connectivity index (χ3n) is 6.32. The first-order valence-corrected chi connectivity index (χ1v) is 10.2. The van der Waals surface area contributed by atoms with E-state index in [2.05, 4.69) is 0 Å². The third-order valence-corrected chi connectivity index (χ3v) is 6.32. The van der Waals surface area contributed by atoms with Crippen molar-refractivity contribution in [2.45, 2.75) is 71.2 Å². The molecule has 1 aromatic rings. The standard InChI is InChI=1S/C23H31NO5/c1-14-8-7-9-15(2)19(14)20-21(29-17(4)25)23(12-10-18(28-6)11-13-23)24(22(20)26)16(3)27-5/h7-9,16,18H,10-13H2,1-6H3. The van der Waals surface area contributed by atoms with Crippen LogP contribution in [0.1, 0.15) is 56.2 Å². The number of hydrogen-bond donors (Lipinski definition) is 0. The van der Waals surface area contributed by atoms with Crippen molar-refractivity contribution in [2.24, 2.45) is 0 Å². The molecule has 3 rings (SSSR count). The van der Waals surface area contributed by atoms with Crippen LogP contribution in [0, 0.1) is 13.8 Å². The molecule has 0 bridgehead atoms. The van der Waals surface area contributed by atoms with Gasteiger partial charge >= 0.3 is 5.97 Å². The quantitative estimate of drug-likeness (QED) is 0.703. The van der Waals surface area contributed by atoms with Crippen molar-refractivity contribution < 1.29 is 23.8 Å². The second-order valence-corrected chi connectivity index (χ2v) is 8.04. The lowest BCUT2D eigenvalue weighted by molar-refractivity contribution is -0.154. The van der Waals surface area contributed by atoms with E-state index in [1.165, 1.54) is 6.92 Å². The predicted molar refractivity (Wildman–Crippen MR) is 110 cm³/mol. The lowest BCUT2D eigenvalue weighted by Crippen LogP contribution is -2.55. The van der Waals surface area contributed by atoms with Crippen LogP contribution in [0.25, 0.3) is 5.57 Å². The number of carbonyl (C=O) groups is 2. The van der Waals surface area contributed by atoms with Gasteiger partial charge in [0.15, 0.2) is 0 Å². The van der Waals surface area contributed by atoms with E-state index in [4.69, 9.17) is 14.2 Å². The molecule has 0 aromatic heterocycles. The Morgan fingerprint density at radius 1 is 1.17 bits per heavy atom. The molecular formula is C23H31NO5. The van der Waals surface area contributed by atoms with Gasteiger partial charge in [-0.05, 0) is 63.1 Å². The van der Waals surface area contributed by atoms with Crippen LogP contribution in [0.3, 0.4) is 0 Å². The van der Waals surface area contributed by atoms with E-state index in [1.54, 1.807) is 19.1 Å². The molecule has 1 heterocycles. The van der Waals surface area contributed by atoms with Crippen molar-refractivity contribution in [1.29, 1.82) is 0 Å². The monoisotopic (exact) mass is 401 g/mol. The van der Waals surface area contributed by atoms with Gasteiger partial charge in [-0.3, -0.25) is 14.5 Å². The number of aryl methyl sites for hydroxylation is 2. The number of carbonyl (C=O) groups excluding carboxylic acids is 2. The van der Waals surface area contributed by atoms with Crippen molar-refractivity contribution in [3.63, 3.8) is 0 Å². The van der Waals surface area contributed by atoms with Gasteiger partial charge in [-0.1, -0.05) is 18.2 Å². The highest BCUT2D eigenvalue weighted by atomic mass is 16.5. The molecular weight excluding hydrogens is 370 g/mol. The number of hydrogen-bond acceptors (Lipinski definition) is 5.